The number of carbonyl (C=O) groups excluding carboxylic acids is 5. The van der Waals surface area contributed by atoms with Gasteiger partial charge in [0.15, 0.2) is 11.4 Å². The van der Waals surface area contributed by atoms with E-state index in [2.05, 4.69) is 83.6 Å². The molecule has 2 bridgehead atoms. The molecule has 26 nitrogen and oxygen atoms in total. The van der Waals surface area contributed by atoms with Crippen molar-refractivity contribution >= 4 is 84.0 Å². The number of para-hydroxylation sites is 1. The summed E-state index contributed by atoms with van der Waals surface area (Å²) < 4.78 is 48.2. The number of ether oxygens (including phenoxy) is 2. The molecule has 2 saturated heterocycles. The number of nitrogens with one attached hydrogen (secondary N) is 4. The van der Waals surface area contributed by atoms with Crippen LogP contribution >= 0.6 is 21.6 Å². The summed E-state index contributed by atoms with van der Waals surface area (Å²) >= 11 is 0. The van der Waals surface area contributed by atoms with Gasteiger partial charge >= 0.3 is 22.5 Å². The molecular formula is C62H84N10O16S3. The zero-order chi connectivity index (χ0) is 65.6. The number of carbonyl (C=O) groups is 6. The Kier molecular flexibility index (Phi) is 19.9. The van der Waals surface area contributed by atoms with Crippen LogP contribution in [-0.2, 0) is 73.5 Å². The van der Waals surface area contributed by atoms with E-state index >= 15 is 4.79 Å². The van der Waals surface area contributed by atoms with Crippen LogP contribution in [0.4, 0.5) is 10.5 Å². The third kappa shape index (κ3) is 13.0. The number of carboxylic acid groups (broad SMARTS) is 1. The normalized spacial score (nSPS) is 29.3. The fraction of sp³-hybridized carbons (Fsp3) is 0.613. The van der Waals surface area contributed by atoms with Crippen LogP contribution < -0.4 is 25.8 Å². The lowest BCUT2D eigenvalue weighted by atomic mass is 9.47. The van der Waals surface area contributed by atoms with Crippen molar-refractivity contribution in [3.63, 3.8) is 0 Å². The third-order valence-electron chi connectivity index (χ3n) is 20.2. The van der Waals surface area contributed by atoms with Gasteiger partial charge in [0.1, 0.15) is 24.2 Å². The molecule has 2 aromatic carbocycles. The number of H-pyrrole nitrogens is 1. The van der Waals surface area contributed by atoms with Crippen molar-refractivity contribution in [2.45, 2.75) is 145 Å². The zero-order valence-corrected chi connectivity index (χ0v) is 54.8. The first-order valence-corrected chi connectivity index (χ1v) is 34.9. The lowest BCUT2D eigenvalue weighted by Crippen LogP contribution is -2.82. The van der Waals surface area contributed by atoms with Gasteiger partial charge in [-0.05, 0) is 88.1 Å². The molecule has 0 radical (unpaired) electrons. The summed E-state index contributed by atoms with van der Waals surface area (Å²) in [7, 11) is 1.01. The summed E-state index contributed by atoms with van der Waals surface area (Å²) in [5.41, 5.74) is 4.59. The highest BCUT2D eigenvalue weighted by Crippen LogP contribution is 2.67. The Hall–Kier alpha value is -6.15. The summed E-state index contributed by atoms with van der Waals surface area (Å²) in [6, 6.07) is 9.91. The van der Waals surface area contributed by atoms with Crippen LogP contribution in [-0.4, -0.2) is 206 Å². The van der Waals surface area contributed by atoms with Crippen LogP contribution in [0.15, 0.2) is 54.7 Å². The number of benzene rings is 2. The van der Waals surface area contributed by atoms with Gasteiger partial charge in [-0.2, -0.15) is 8.42 Å². The Morgan fingerprint density at radius 1 is 0.978 bits per heavy atom. The van der Waals surface area contributed by atoms with E-state index in [0.29, 0.717) is 57.5 Å². The van der Waals surface area contributed by atoms with E-state index < -0.39 is 111 Å². The Labute approximate surface area is 536 Å². The molecule has 7 heterocycles. The number of methoxy groups -OCH3 is 1. The summed E-state index contributed by atoms with van der Waals surface area (Å²) in [5, 5.41) is 60.3. The number of hydrogen-bond donors (Lipinski definition) is 9. The number of aromatic nitrogens is 4. The summed E-state index contributed by atoms with van der Waals surface area (Å²) in [6.07, 6.45) is 5.30. The molecule has 2 aromatic heterocycles. The molecule has 9 N–H and O–H groups in total. The zero-order valence-electron chi connectivity index (χ0n) is 52.3. The summed E-state index contributed by atoms with van der Waals surface area (Å²) in [6.45, 7) is 11.7. The lowest BCUT2D eigenvalue weighted by molar-refractivity contribution is -0.204. The van der Waals surface area contributed by atoms with Gasteiger partial charge in [-0.25, -0.2) is 19.1 Å². The molecular weight excluding hydrogens is 1240 g/mol. The van der Waals surface area contributed by atoms with Crippen LogP contribution in [0, 0.1) is 23.2 Å². The number of Topliss-reactive ketones (excluding diaryl/α,β-unsaturated/α-hetero) is 2. The topological polar surface area (TPSA) is 358 Å². The predicted molar refractivity (Wildman–Crippen MR) is 338 cm³/mol. The number of rotatable bonds is 25. The smallest absolute Gasteiger partial charge is 0.426 e. The molecule has 1 aliphatic carbocycles. The molecule has 1 spiro atoms. The van der Waals surface area contributed by atoms with Crippen LogP contribution in [0.2, 0.25) is 0 Å². The molecule has 6 aliphatic rings. The van der Waals surface area contributed by atoms with E-state index in [9.17, 15) is 52.8 Å². The van der Waals surface area contributed by atoms with Gasteiger partial charge in [0.25, 0.3) is 5.91 Å². The van der Waals surface area contributed by atoms with Crippen LogP contribution in [0.5, 0.6) is 5.75 Å². The first-order valence-electron chi connectivity index (χ1n) is 31.0. The van der Waals surface area contributed by atoms with E-state index in [1.54, 1.807) is 7.11 Å². The molecule has 5 aliphatic heterocycles. The van der Waals surface area contributed by atoms with Gasteiger partial charge in [0.2, 0.25) is 5.91 Å². The standard InChI is InChI=1S/C62H84N10O16S3/c1-8-59(81)31-38-30-58(5,50-42(15-19-70(32-38)35-59)41-13-10-11-14-45(41)63-50)44-28-43-47(29-49(44)86-7)69(6)54-61(43)17-20-71-18-12-16-60(9-2,53(61)71)55(78)62(54,82)56(79)66-67-57(80)87-23-24-89-90-34-39(52(76)77)26-48(74)46(64-51(75)36(3)25-37(4)73)27-40-33-72(68-65-40)21-22-88-91(83,84)85/h10-14,16,28-29,33,36,38-39,46,53-55,63,78,81-82H,8-9,15,17-27,30-32,34-35H2,1-7H3,(H,64,75)(H,66,79)(H,67,80)(H,76,77)(H,83,84,85)/t36-,38+,39+,46+,53+,54-,55-,58-,59+,60-,61-,62+/m1/s1. The second kappa shape index (κ2) is 26.7. The number of aliphatic hydroxyl groups is 3. The highest BCUT2D eigenvalue weighted by Gasteiger charge is 2.79. The van der Waals surface area contributed by atoms with E-state index in [0.717, 1.165) is 74.5 Å². The van der Waals surface area contributed by atoms with E-state index in [1.165, 1.54) is 30.3 Å². The van der Waals surface area contributed by atoms with Gasteiger partial charge in [0, 0.05) is 132 Å². The number of aliphatic hydroxyl groups excluding tert-OH is 1. The quantitative estimate of drug-likeness (QED) is 0.0150. The Morgan fingerprint density at radius 2 is 1.75 bits per heavy atom. The third-order valence-corrected chi connectivity index (χ3v) is 23.1. The van der Waals surface area contributed by atoms with Crippen molar-refractivity contribution in [3.8, 4) is 5.75 Å². The monoisotopic (exact) mass is 1320 g/mol. The maximum absolute atomic E-state index is 15.1. The number of aliphatic carboxylic acids is 1. The van der Waals surface area contributed by atoms with Crippen molar-refractivity contribution in [1.82, 2.24) is 45.9 Å². The number of carboxylic acids is 1. The molecule has 13 atom stereocenters. The molecule has 3 fully saturated rings. The molecule has 4 aromatic rings. The number of anilines is 1. The van der Waals surface area contributed by atoms with Gasteiger partial charge in [0.05, 0.1) is 49.6 Å². The average molecular weight is 1320 g/mol. The minimum atomic E-state index is -4.71. The lowest BCUT2D eigenvalue weighted by Gasteiger charge is -2.63. The molecule has 3 amide bonds. The van der Waals surface area contributed by atoms with Crippen molar-refractivity contribution in [1.29, 1.82) is 0 Å². The molecule has 496 valence electrons. The maximum Gasteiger partial charge on any atom is 0.426 e. The molecule has 1 unspecified atom stereocenters. The minimum Gasteiger partial charge on any atom is -0.496 e. The van der Waals surface area contributed by atoms with E-state index in [-0.39, 0.29) is 60.9 Å². The fourth-order valence-electron chi connectivity index (χ4n) is 16.2. The van der Waals surface area contributed by atoms with Crippen molar-refractivity contribution < 1.29 is 75.8 Å². The summed E-state index contributed by atoms with van der Waals surface area (Å²) in [5.74, 6) is -5.17. The number of piperidine rings is 1. The number of aromatic amines is 1. The second-order valence-electron chi connectivity index (χ2n) is 25.9. The van der Waals surface area contributed by atoms with Crippen LogP contribution in [0.25, 0.3) is 10.9 Å². The number of hydrogen-bond acceptors (Lipinski definition) is 21. The predicted octanol–water partition coefficient (Wildman–Crippen LogP) is 3.65. The average Bonchev–Trinajstić information content (AvgIpc) is 1.51. The van der Waals surface area contributed by atoms with Gasteiger partial charge in [-0.1, -0.05) is 77.9 Å². The molecule has 91 heavy (non-hydrogen) atoms. The van der Waals surface area contributed by atoms with Crippen LogP contribution in [0.3, 0.4) is 0 Å². The summed E-state index contributed by atoms with van der Waals surface area (Å²) in [4.78, 5) is 90.4. The number of nitrogens with zero attached hydrogens (tertiary/aromatic N) is 6. The number of likely N-dealkylation sites (N-methyl/N-ethyl adjacent to an activating group) is 1. The second-order valence-corrected chi connectivity index (χ2v) is 29.6. The minimum absolute atomic E-state index is 0.0870. The van der Waals surface area contributed by atoms with Crippen LogP contribution in [0.1, 0.15) is 108 Å². The number of hydrazine groups is 1. The van der Waals surface area contributed by atoms with Gasteiger partial charge in [-0.3, -0.25) is 39.0 Å². The van der Waals surface area contributed by atoms with E-state index in [4.69, 9.17) is 14.0 Å². The number of fused-ring (bicyclic) bond motifs is 6. The first-order chi connectivity index (χ1) is 43.1. The maximum atomic E-state index is 15.1. The fourth-order valence-corrected chi connectivity index (χ4v) is 18.6. The molecule has 29 heteroatoms. The van der Waals surface area contributed by atoms with Crippen molar-refractivity contribution in [2.24, 2.45) is 23.2 Å². The highest BCUT2D eigenvalue weighted by molar-refractivity contribution is 8.76. The van der Waals surface area contributed by atoms with E-state index in [1.807, 2.05) is 43.2 Å². The van der Waals surface area contributed by atoms with Gasteiger partial charge in [-0.15, -0.1) is 5.10 Å². The Morgan fingerprint density at radius 3 is 2.46 bits per heavy atom. The Balaban J connectivity index is 0.833. The number of amides is 3. The first kappa shape index (κ1) is 67.7. The van der Waals surface area contributed by atoms with Crippen molar-refractivity contribution in [3.05, 3.63) is 82.8 Å². The largest absolute Gasteiger partial charge is 0.496 e. The highest BCUT2D eigenvalue weighted by atomic mass is 33.1. The van der Waals surface area contributed by atoms with Crippen molar-refractivity contribution in [2.75, 3.05) is 76.5 Å². The Bertz CT molecular complexity index is 3590. The van der Waals surface area contributed by atoms with Gasteiger partial charge < -0.3 is 49.9 Å². The number of ketones is 2. The molecule has 1 saturated carbocycles. The SMILES string of the molecule is CC[C@]1(O)C[C@H]2CN(CCc3c([nH]c4ccccc34)[C@@](C)(c3cc4c(cc3OC)N(C)[C@H]3[C@@](O)(C(=O)NNC(=O)OCCSSC[C@H](CC(=O)[C@H](Cc5cn(CCOS(=O)(=O)O)nn5)NC(=O)[C@H](C)CC(C)=O)C(=O)O)[C@H](O)[C@]5(CC)C=CCN6CC[C@]43[C@@H]65)C2)C1. The molecule has 10 rings (SSSR count).